The van der Waals surface area contributed by atoms with Gasteiger partial charge in [-0.15, -0.1) is 0 Å². The van der Waals surface area contributed by atoms with Crippen molar-refractivity contribution >= 4 is 5.91 Å². The second-order valence-electron chi connectivity index (χ2n) is 2.47. The Morgan fingerprint density at radius 3 is 2.64 bits per heavy atom. The predicted octanol–water partition coefficient (Wildman–Crippen LogP) is -0.954. The molecule has 14 heavy (non-hydrogen) atoms. The summed E-state index contributed by atoms with van der Waals surface area (Å²) in [6, 6.07) is 0. The van der Waals surface area contributed by atoms with Gasteiger partial charge < -0.3 is 14.8 Å². The van der Waals surface area contributed by atoms with Crippen molar-refractivity contribution < 1.29 is 19.1 Å². The lowest BCUT2D eigenvalue weighted by Crippen LogP contribution is -2.31. The third kappa shape index (κ3) is 9.40. The number of amides is 1. The van der Waals surface area contributed by atoms with Gasteiger partial charge in [0.25, 0.3) is 0 Å². The van der Waals surface area contributed by atoms with Crippen LogP contribution in [0.15, 0.2) is 0 Å². The van der Waals surface area contributed by atoms with E-state index in [1.807, 2.05) is 6.92 Å². The largest absolute Gasteiger partial charge is 0.379 e. The zero-order valence-electron chi connectivity index (χ0n) is 8.45. The summed E-state index contributed by atoms with van der Waals surface area (Å²) < 4.78 is 10.2. The molecule has 0 saturated carbocycles. The molecule has 0 saturated heterocycles. The number of hydrogen-bond acceptors (Lipinski definition) is 5. The van der Waals surface area contributed by atoms with Crippen LogP contribution < -0.4 is 11.2 Å². The van der Waals surface area contributed by atoms with E-state index in [2.05, 4.69) is 10.2 Å². The van der Waals surface area contributed by atoms with E-state index < -0.39 is 0 Å². The molecule has 0 radical (unpaired) electrons. The summed E-state index contributed by atoms with van der Waals surface area (Å²) >= 11 is 0. The summed E-state index contributed by atoms with van der Waals surface area (Å²) in [4.78, 5) is 14.9. The first-order chi connectivity index (χ1) is 6.81. The number of nitrogens with one attached hydrogen (secondary N) is 1. The molecule has 0 aliphatic heterocycles. The van der Waals surface area contributed by atoms with Crippen LogP contribution in [-0.4, -0.2) is 45.5 Å². The molecule has 0 aliphatic rings. The molecule has 84 valence electrons. The Morgan fingerprint density at radius 2 is 2.00 bits per heavy atom. The Kier molecular flexibility index (Phi) is 9.88. The number of rotatable bonds is 9. The molecule has 0 aliphatic carbocycles. The average Bonchev–Trinajstić information content (AvgIpc) is 2.17. The summed E-state index contributed by atoms with van der Waals surface area (Å²) in [5, 5.41) is 2.56. The lowest BCUT2D eigenvalue weighted by Gasteiger charge is -2.05. The van der Waals surface area contributed by atoms with E-state index >= 15 is 0 Å². The maximum atomic E-state index is 10.8. The zero-order valence-corrected chi connectivity index (χ0v) is 8.45. The van der Waals surface area contributed by atoms with E-state index in [9.17, 15) is 4.79 Å². The van der Waals surface area contributed by atoms with E-state index in [1.54, 1.807) is 0 Å². The van der Waals surface area contributed by atoms with Crippen molar-refractivity contribution in [3.8, 4) is 0 Å². The SMILES string of the molecule is CCOCCOCCNC(=O)CON. The second kappa shape index (κ2) is 10.4. The highest BCUT2D eigenvalue weighted by atomic mass is 16.6. The number of carbonyl (C=O) groups excluding carboxylic acids is 1. The summed E-state index contributed by atoms with van der Waals surface area (Å²) in [7, 11) is 0. The highest BCUT2D eigenvalue weighted by Crippen LogP contribution is 1.77. The molecule has 6 heteroatoms. The highest BCUT2D eigenvalue weighted by molar-refractivity contribution is 5.77. The van der Waals surface area contributed by atoms with Gasteiger partial charge in [0.05, 0.1) is 19.8 Å². The molecule has 0 spiro atoms. The van der Waals surface area contributed by atoms with Crippen LogP contribution in [0.3, 0.4) is 0 Å². The van der Waals surface area contributed by atoms with E-state index in [0.29, 0.717) is 33.0 Å². The maximum absolute atomic E-state index is 10.8. The Balaban J connectivity index is 3.01. The van der Waals surface area contributed by atoms with Crippen molar-refractivity contribution in [2.75, 3.05) is 39.6 Å². The van der Waals surface area contributed by atoms with Crippen molar-refractivity contribution in [3.05, 3.63) is 0 Å². The molecule has 0 atom stereocenters. The van der Waals surface area contributed by atoms with Gasteiger partial charge in [-0.2, -0.15) is 0 Å². The highest BCUT2D eigenvalue weighted by Gasteiger charge is 1.97. The van der Waals surface area contributed by atoms with Gasteiger partial charge in [0, 0.05) is 13.2 Å². The van der Waals surface area contributed by atoms with Gasteiger partial charge >= 0.3 is 0 Å². The fourth-order valence-electron chi connectivity index (χ4n) is 0.754. The molecular weight excluding hydrogens is 188 g/mol. The minimum absolute atomic E-state index is 0.126. The Hall–Kier alpha value is -0.690. The number of hydrogen-bond donors (Lipinski definition) is 2. The fourth-order valence-corrected chi connectivity index (χ4v) is 0.754. The quantitative estimate of drug-likeness (QED) is 0.375. The second-order valence-corrected chi connectivity index (χ2v) is 2.47. The van der Waals surface area contributed by atoms with E-state index in [1.165, 1.54) is 0 Å². The average molecular weight is 206 g/mol. The molecule has 0 aromatic carbocycles. The minimum atomic E-state index is -0.249. The molecule has 0 rings (SSSR count). The van der Waals surface area contributed by atoms with Gasteiger partial charge in [0.15, 0.2) is 0 Å². The van der Waals surface area contributed by atoms with Crippen LogP contribution in [0.2, 0.25) is 0 Å². The first-order valence-corrected chi connectivity index (χ1v) is 4.55. The van der Waals surface area contributed by atoms with Crippen molar-refractivity contribution in [1.82, 2.24) is 5.32 Å². The van der Waals surface area contributed by atoms with Gasteiger partial charge in [0.2, 0.25) is 5.91 Å². The number of ether oxygens (including phenoxy) is 2. The molecule has 0 heterocycles. The van der Waals surface area contributed by atoms with E-state index in [4.69, 9.17) is 15.4 Å². The Morgan fingerprint density at radius 1 is 1.29 bits per heavy atom. The molecule has 0 unspecified atom stereocenters. The Labute approximate surface area is 83.6 Å². The predicted molar refractivity (Wildman–Crippen MR) is 50.5 cm³/mol. The van der Waals surface area contributed by atoms with Crippen LogP contribution >= 0.6 is 0 Å². The van der Waals surface area contributed by atoms with E-state index in [-0.39, 0.29) is 12.5 Å². The van der Waals surface area contributed by atoms with Gasteiger partial charge in [-0.1, -0.05) is 0 Å². The van der Waals surface area contributed by atoms with Crippen molar-refractivity contribution in [1.29, 1.82) is 0 Å². The van der Waals surface area contributed by atoms with Crippen molar-refractivity contribution in [2.45, 2.75) is 6.92 Å². The zero-order chi connectivity index (χ0) is 10.6. The normalized spacial score (nSPS) is 10.1. The minimum Gasteiger partial charge on any atom is -0.379 e. The van der Waals surface area contributed by atoms with Gasteiger partial charge in [-0.05, 0) is 6.92 Å². The third-order valence-electron chi connectivity index (χ3n) is 1.36. The molecule has 3 N–H and O–H groups in total. The standard InChI is InChI=1S/C8H18N2O4/c1-2-12-5-6-13-4-3-10-8(11)7-14-9/h2-7,9H2,1H3,(H,10,11). The maximum Gasteiger partial charge on any atom is 0.248 e. The first-order valence-electron chi connectivity index (χ1n) is 4.55. The van der Waals surface area contributed by atoms with Gasteiger partial charge in [0.1, 0.15) is 6.61 Å². The summed E-state index contributed by atoms with van der Waals surface area (Å²) in [5.74, 6) is 4.46. The van der Waals surface area contributed by atoms with Crippen molar-refractivity contribution in [3.63, 3.8) is 0 Å². The summed E-state index contributed by atoms with van der Waals surface area (Å²) in [5.41, 5.74) is 0. The van der Waals surface area contributed by atoms with Gasteiger partial charge in [-0.3, -0.25) is 9.63 Å². The topological polar surface area (TPSA) is 82.8 Å². The van der Waals surface area contributed by atoms with Crippen LogP contribution in [0.4, 0.5) is 0 Å². The Bertz CT molecular complexity index is 143. The summed E-state index contributed by atoms with van der Waals surface area (Å²) in [6.07, 6.45) is 0. The monoisotopic (exact) mass is 206 g/mol. The van der Waals surface area contributed by atoms with Crippen LogP contribution in [0, 0.1) is 0 Å². The smallest absolute Gasteiger partial charge is 0.248 e. The molecule has 0 fully saturated rings. The molecule has 0 bridgehead atoms. The third-order valence-corrected chi connectivity index (χ3v) is 1.36. The number of carbonyl (C=O) groups is 1. The van der Waals surface area contributed by atoms with E-state index in [0.717, 1.165) is 0 Å². The van der Waals surface area contributed by atoms with Crippen LogP contribution in [0.5, 0.6) is 0 Å². The molecule has 0 aromatic heterocycles. The van der Waals surface area contributed by atoms with Crippen LogP contribution in [0.1, 0.15) is 6.92 Å². The lowest BCUT2D eigenvalue weighted by atomic mass is 10.6. The molecule has 6 nitrogen and oxygen atoms in total. The first kappa shape index (κ1) is 13.3. The van der Waals surface area contributed by atoms with Crippen LogP contribution in [0.25, 0.3) is 0 Å². The molecule has 0 aromatic rings. The summed E-state index contributed by atoms with van der Waals surface area (Å²) in [6.45, 7) is 4.52. The molecular formula is C8H18N2O4. The van der Waals surface area contributed by atoms with Crippen LogP contribution in [-0.2, 0) is 19.1 Å². The van der Waals surface area contributed by atoms with Crippen molar-refractivity contribution in [2.24, 2.45) is 5.90 Å². The lowest BCUT2D eigenvalue weighted by molar-refractivity contribution is -0.126. The number of nitrogens with two attached hydrogens (primary N) is 1. The van der Waals surface area contributed by atoms with Gasteiger partial charge in [-0.25, -0.2) is 5.90 Å². The molecule has 1 amide bonds. The fraction of sp³-hybridized carbons (Fsp3) is 0.875.